The number of fused-ring (bicyclic) bond motifs is 2. The fourth-order valence-electron chi connectivity index (χ4n) is 2.64. The number of hydrogen-bond acceptors (Lipinski definition) is 3. The Labute approximate surface area is 87.6 Å². The van der Waals surface area contributed by atoms with Crippen LogP contribution in [-0.4, -0.2) is 22.0 Å². The van der Waals surface area contributed by atoms with Crippen LogP contribution in [-0.2, 0) is 9.59 Å². The first kappa shape index (κ1) is 10.2. The molecule has 4 heteroatoms. The molecule has 15 heavy (non-hydrogen) atoms. The average Bonchev–Trinajstić information content (AvgIpc) is 2.74. The summed E-state index contributed by atoms with van der Waals surface area (Å²) in [5.74, 6) is -0.602. The standard InChI is InChI=1S/C11H14O4/c12-8(3-4-9(13)14)10-6-1-2-7(5-6)11(10)15/h6-7,12H,1-5H2,(H,13,14). The van der Waals surface area contributed by atoms with Crippen LogP contribution in [0.3, 0.4) is 0 Å². The van der Waals surface area contributed by atoms with E-state index in [1.165, 1.54) is 0 Å². The van der Waals surface area contributed by atoms with Gasteiger partial charge in [0.15, 0.2) is 5.78 Å². The molecule has 2 fully saturated rings. The summed E-state index contributed by atoms with van der Waals surface area (Å²) in [6, 6.07) is 0. The van der Waals surface area contributed by atoms with Crippen LogP contribution in [0.5, 0.6) is 0 Å². The molecule has 2 saturated carbocycles. The zero-order chi connectivity index (χ0) is 11.0. The maximum atomic E-state index is 11.7. The fourth-order valence-corrected chi connectivity index (χ4v) is 2.64. The van der Waals surface area contributed by atoms with Gasteiger partial charge in [-0.25, -0.2) is 0 Å². The molecule has 2 rings (SSSR count). The highest BCUT2D eigenvalue weighted by Gasteiger charge is 2.44. The van der Waals surface area contributed by atoms with Gasteiger partial charge in [-0.15, -0.1) is 0 Å². The van der Waals surface area contributed by atoms with Crippen molar-refractivity contribution < 1.29 is 19.8 Å². The highest BCUT2D eigenvalue weighted by molar-refractivity contribution is 6.01. The van der Waals surface area contributed by atoms with Gasteiger partial charge in [-0.3, -0.25) is 9.59 Å². The van der Waals surface area contributed by atoms with Crippen LogP contribution in [0.1, 0.15) is 32.1 Å². The van der Waals surface area contributed by atoms with E-state index >= 15 is 0 Å². The number of rotatable bonds is 3. The molecule has 0 heterocycles. The molecule has 2 aliphatic rings. The predicted molar refractivity (Wildman–Crippen MR) is 52.4 cm³/mol. The smallest absolute Gasteiger partial charge is 0.303 e. The molecule has 4 nitrogen and oxygen atoms in total. The molecule has 0 aromatic rings. The highest BCUT2D eigenvalue weighted by Crippen LogP contribution is 2.46. The van der Waals surface area contributed by atoms with Crippen LogP contribution in [0.2, 0.25) is 0 Å². The SMILES string of the molecule is O=C(O)CCC(O)=C1C(=O)C2CCC1C2. The van der Waals surface area contributed by atoms with Crippen LogP contribution in [0.25, 0.3) is 0 Å². The zero-order valence-corrected chi connectivity index (χ0v) is 8.40. The number of aliphatic carboxylic acids is 1. The lowest BCUT2D eigenvalue weighted by atomic mass is 9.91. The topological polar surface area (TPSA) is 74.6 Å². The van der Waals surface area contributed by atoms with Gasteiger partial charge in [0.05, 0.1) is 12.2 Å². The van der Waals surface area contributed by atoms with Crippen molar-refractivity contribution in [2.75, 3.05) is 0 Å². The predicted octanol–water partition coefficient (Wildman–Crippen LogP) is 1.66. The molecule has 0 amide bonds. The summed E-state index contributed by atoms with van der Waals surface area (Å²) in [6.07, 6.45) is 2.72. The molecular formula is C11H14O4. The minimum Gasteiger partial charge on any atom is -0.512 e. The maximum Gasteiger partial charge on any atom is 0.303 e. The van der Waals surface area contributed by atoms with E-state index in [1.54, 1.807) is 0 Å². The van der Waals surface area contributed by atoms with E-state index in [-0.39, 0.29) is 36.2 Å². The second-order valence-electron chi connectivity index (χ2n) is 4.33. The first-order valence-corrected chi connectivity index (χ1v) is 5.27. The Balaban J connectivity index is 2.11. The van der Waals surface area contributed by atoms with Gasteiger partial charge in [-0.1, -0.05) is 0 Å². The van der Waals surface area contributed by atoms with Crippen LogP contribution in [0.4, 0.5) is 0 Å². The number of carbonyl (C=O) groups excluding carboxylic acids is 1. The summed E-state index contributed by atoms with van der Waals surface area (Å²) in [6.45, 7) is 0. The first-order valence-electron chi connectivity index (χ1n) is 5.27. The minimum atomic E-state index is -0.947. The van der Waals surface area contributed by atoms with Crippen molar-refractivity contribution in [2.45, 2.75) is 32.1 Å². The number of aliphatic hydroxyl groups is 1. The summed E-state index contributed by atoms with van der Waals surface area (Å²) in [4.78, 5) is 22.0. The number of carbonyl (C=O) groups is 2. The van der Waals surface area contributed by atoms with Crippen molar-refractivity contribution in [3.05, 3.63) is 11.3 Å². The molecule has 2 N–H and O–H groups in total. The van der Waals surface area contributed by atoms with Crippen LogP contribution >= 0.6 is 0 Å². The number of allylic oxidation sites excluding steroid dienone is 2. The van der Waals surface area contributed by atoms with Crippen LogP contribution in [0, 0.1) is 11.8 Å². The van der Waals surface area contributed by atoms with E-state index in [0.717, 1.165) is 19.3 Å². The summed E-state index contributed by atoms with van der Waals surface area (Å²) in [5, 5.41) is 18.2. The molecule has 0 saturated heterocycles. The molecule has 2 aliphatic carbocycles. The number of aliphatic hydroxyl groups excluding tert-OH is 1. The Morgan fingerprint density at radius 1 is 1.20 bits per heavy atom. The second kappa shape index (κ2) is 3.68. The first-order chi connectivity index (χ1) is 7.09. The van der Waals surface area contributed by atoms with E-state index < -0.39 is 5.97 Å². The third-order valence-corrected chi connectivity index (χ3v) is 3.36. The molecule has 2 unspecified atom stereocenters. The molecule has 2 atom stereocenters. The van der Waals surface area contributed by atoms with Gasteiger partial charge < -0.3 is 10.2 Å². The fraction of sp³-hybridized carbons (Fsp3) is 0.636. The zero-order valence-electron chi connectivity index (χ0n) is 8.40. The van der Waals surface area contributed by atoms with Gasteiger partial charge in [0.1, 0.15) is 0 Å². The normalized spacial score (nSPS) is 32.1. The Morgan fingerprint density at radius 2 is 1.87 bits per heavy atom. The van der Waals surface area contributed by atoms with Crippen molar-refractivity contribution in [2.24, 2.45) is 11.8 Å². The Kier molecular flexibility index (Phi) is 2.50. The lowest BCUT2D eigenvalue weighted by Gasteiger charge is -2.13. The van der Waals surface area contributed by atoms with E-state index in [0.29, 0.717) is 5.57 Å². The molecular weight excluding hydrogens is 196 g/mol. The van der Waals surface area contributed by atoms with Gasteiger partial charge >= 0.3 is 5.97 Å². The van der Waals surface area contributed by atoms with Gasteiger partial charge in [0, 0.05) is 17.9 Å². The Bertz CT molecular complexity index is 342. The van der Waals surface area contributed by atoms with Crippen molar-refractivity contribution in [1.82, 2.24) is 0 Å². The van der Waals surface area contributed by atoms with E-state index in [2.05, 4.69) is 0 Å². The van der Waals surface area contributed by atoms with Gasteiger partial charge in [0.25, 0.3) is 0 Å². The monoisotopic (exact) mass is 210 g/mol. The summed E-state index contributed by atoms with van der Waals surface area (Å²) in [5.41, 5.74) is 0.521. The molecule has 0 aromatic carbocycles. The third-order valence-electron chi connectivity index (χ3n) is 3.36. The second-order valence-corrected chi connectivity index (χ2v) is 4.33. The lowest BCUT2D eigenvalue weighted by molar-refractivity contribution is -0.137. The molecule has 0 spiro atoms. The van der Waals surface area contributed by atoms with Crippen molar-refractivity contribution in [3.8, 4) is 0 Å². The van der Waals surface area contributed by atoms with E-state index in [9.17, 15) is 14.7 Å². The molecule has 2 bridgehead atoms. The minimum absolute atomic E-state index is 0.00889. The van der Waals surface area contributed by atoms with Gasteiger partial charge in [-0.05, 0) is 25.2 Å². The third kappa shape index (κ3) is 1.76. The van der Waals surface area contributed by atoms with Crippen molar-refractivity contribution >= 4 is 11.8 Å². The van der Waals surface area contributed by atoms with Gasteiger partial charge in [-0.2, -0.15) is 0 Å². The number of carboxylic acids is 1. The van der Waals surface area contributed by atoms with E-state index in [4.69, 9.17) is 5.11 Å². The summed E-state index contributed by atoms with van der Waals surface area (Å²) in [7, 11) is 0. The highest BCUT2D eigenvalue weighted by atomic mass is 16.4. The largest absolute Gasteiger partial charge is 0.512 e. The van der Waals surface area contributed by atoms with E-state index in [1.807, 2.05) is 0 Å². The summed E-state index contributed by atoms with van der Waals surface area (Å²) < 4.78 is 0. The van der Waals surface area contributed by atoms with Crippen LogP contribution < -0.4 is 0 Å². The average molecular weight is 210 g/mol. The molecule has 0 aromatic heterocycles. The molecule has 82 valence electrons. The molecule has 0 aliphatic heterocycles. The molecule has 0 radical (unpaired) electrons. The summed E-state index contributed by atoms with van der Waals surface area (Å²) >= 11 is 0. The number of hydrogen-bond donors (Lipinski definition) is 2. The van der Waals surface area contributed by atoms with Crippen molar-refractivity contribution in [3.63, 3.8) is 0 Å². The quantitative estimate of drug-likeness (QED) is 0.548. The van der Waals surface area contributed by atoms with Gasteiger partial charge in [0.2, 0.25) is 0 Å². The number of Topliss-reactive ketones (excluding diaryl/α,β-unsaturated/α-hetero) is 1. The Hall–Kier alpha value is -1.32. The number of carboxylic acid groups (broad SMARTS) is 1. The Morgan fingerprint density at radius 3 is 2.40 bits per heavy atom. The lowest BCUT2D eigenvalue weighted by Crippen LogP contribution is -2.15. The maximum absolute atomic E-state index is 11.7. The van der Waals surface area contributed by atoms with Crippen LogP contribution in [0.15, 0.2) is 11.3 Å². The van der Waals surface area contributed by atoms with Crippen molar-refractivity contribution in [1.29, 1.82) is 0 Å². The number of ketones is 1.